The van der Waals surface area contributed by atoms with E-state index in [9.17, 15) is 14.3 Å². The molecule has 6 heteroatoms. The van der Waals surface area contributed by atoms with E-state index in [1.54, 1.807) is 20.9 Å². The summed E-state index contributed by atoms with van der Waals surface area (Å²) < 4.78 is 13.9. The first kappa shape index (κ1) is 15.8. The summed E-state index contributed by atoms with van der Waals surface area (Å²) in [6.07, 6.45) is 1.46. The van der Waals surface area contributed by atoms with Crippen LogP contribution in [0.2, 0.25) is 0 Å². The van der Waals surface area contributed by atoms with Crippen molar-refractivity contribution in [3.05, 3.63) is 34.9 Å². The van der Waals surface area contributed by atoms with Crippen molar-refractivity contribution in [2.24, 2.45) is 5.92 Å². The topological polar surface area (TPSA) is 66.3 Å². The number of nitrogens with zero attached hydrogens (tertiary/aromatic N) is 3. The lowest BCUT2D eigenvalue weighted by Crippen LogP contribution is -2.35. The van der Waals surface area contributed by atoms with E-state index < -0.39 is 11.9 Å². The number of carbonyl (C=O) groups is 1. The Hall–Kier alpha value is -2.08. The van der Waals surface area contributed by atoms with Crippen LogP contribution in [0.3, 0.4) is 0 Å². The number of carbonyl (C=O) groups excluding carboxylic acids is 1. The van der Waals surface area contributed by atoms with E-state index in [0.717, 1.165) is 12.8 Å². The minimum absolute atomic E-state index is 0.182. The van der Waals surface area contributed by atoms with Gasteiger partial charge < -0.3 is 10.0 Å². The number of benzene rings is 1. The smallest absolute Gasteiger partial charge is 0.256 e. The molecular weight excluding hydrogens is 297 g/mol. The van der Waals surface area contributed by atoms with Crippen LogP contribution in [0.25, 0.3) is 11.0 Å². The number of likely N-dealkylation sites (N-methyl/N-ethyl adjacent to an activating group) is 1. The van der Waals surface area contributed by atoms with Gasteiger partial charge in [-0.1, -0.05) is 0 Å². The van der Waals surface area contributed by atoms with Gasteiger partial charge in [0.2, 0.25) is 0 Å². The molecule has 0 aliphatic heterocycles. The molecule has 1 aliphatic rings. The summed E-state index contributed by atoms with van der Waals surface area (Å²) >= 11 is 0. The zero-order chi connectivity index (χ0) is 16.7. The number of hydrogen-bond donors (Lipinski definition) is 1. The van der Waals surface area contributed by atoms with Gasteiger partial charge in [0.05, 0.1) is 28.6 Å². The Morgan fingerprint density at radius 2 is 2.00 bits per heavy atom. The molecule has 1 aromatic heterocycles. The summed E-state index contributed by atoms with van der Waals surface area (Å²) in [4.78, 5) is 22.8. The summed E-state index contributed by atoms with van der Waals surface area (Å²) in [5.41, 5.74) is 2.36. The molecule has 5 nitrogen and oxygen atoms in total. The quantitative estimate of drug-likeness (QED) is 0.939. The first-order valence-corrected chi connectivity index (χ1v) is 7.75. The number of halogens is 1. The highest BCUT2D eigenvalue weighted by Crippen LogP contribution is 2.33. The van der Waals surface area contributed by atoms with E-state index in [2.05, 4.69) is 9.97 Å². The summed E-state index contributed by atoms with van der Waals surface area (Å²) in [7, 11) is 1.61. The van der Waals surface area contributed by atoms with Crippen LogP contribution in [-0.2, 0) is 0 Å². The standard InChI is InChI=1S/C17H20FN3O2/c1-9-10(2)20-16-13(6-12(18)7-14(16)19-9)17(23)21(3)8-15(22)11-4-5-11/h6-7,11,15,22H,4-5,8H2,1-3H3. The summed E-state index contributed by atoms with van der Waals surface area (Å²) in [5, 5.41) is 10.0. The predicted octanol–water partition coefficient (Wildman–Crippen LogP) is 2.23. The van der Waals surface area contributed by atoms with Gasteiger partial charge in [-0.05, 0) is 38.7 Å². The molecule has 1 amide bonds. The Bertz CT molecular complexity index is 774. The zero-order valence-corrected chi connectivity index (χ0v) is 13.5. The minimum Gasteiger partial charge on any atom is -0.391 e. The SMILES string of the molecule is Cc1nc2cc(F)cc(C(=O)N(C)CC(O)C3CC3)c2nc1C. The fourth-order valence-electron chi connectivity index (χ4n) is 2.66. The maximum Gasteiger partial charge on any atom is 0.256 e. The first-order valence-electron chi connectivity index (χ1n) is 7.75. The monoisotopic (exact) mass is 317 g/mol. The van der Waals surface area contributed by atoms with Gasteiger partial charge in [-0.2, -0.15) is 0 Å². The van der Waals surface area contributed by atoms with E-state index in [0.29, 0.717) is 22.4 Å². The van der Waals surface area contributed by atoms with Gasteiger partial charge in [-0.25, -0.2) is 14.4 Å². The molecule has 0 radical (unpaired) electrons. The van der Waals surface area contributed by atoms with Crippen molar-refractivity contribution in [1.29, 1.82) is 0 Å². The van der Waals surface area contributed by atoms with Gasteiger partial charge in [0.15, 0.2) is 0 Å². The second-order valence-electron chi connectivity index (χ2n) is 6.31. The molecular formula is C17H20FN3O2. The van der Waals surface area contributed by atoms with Crippen LogP contribution in [0, 0.1) is 25.6 Å². The molecule has 23 heavy (non-hydrogen) atoms. The highest BCUT2D eigenvalue weighted by molar-refractivity contribution is 6.04. The zero-order valence-electron chi connectivity index (χ0n) is 13.5. The third-order valence-electron chi connectivity index (χ3n) is 4.35. The second-order valence-corrected chi connectivity index (χ2v) is 6.31. The van der Waals surface area contributed by atoms with Crippen LogP contribution in [0.5, 0.6) is 0 Å². The average Bonchev–Trinajstić information content (AvgIpc) is 3.32. The lowest BCUT2D eigenvalue weighted by molar-refractivity contribution is 0.0646. The predicted molar refractivity (Wildman–Crippen MR) is 84.7 cm³/mol. The molecule has 2 aromatic rings. The van der Waals surface area contributed by atoms with Crippen molar-refractivity contribution in [1.82, 2.24) is 14.9 Å². The lowest BCUT2D eigenvalue weighted by atomic mass is 10.1. The van der Waals surface area contributed by atoms with Gasteiger partial charge in [-0.3, -0.25) is 4.79 Å². The van der Waals surface area contributed by atoms with E-state index >= 15 is 0 Å². The molecule has 122 valence electrons. The molecule has 1 heterocycles. The fourth-order valence-corrected chi connectivity index (χ4v) is 2.66. The second kappa shape index (κ2) is 5.85. The van der Waals surface area contributed by atoms with Gasteiger partial charge in [-0.15, -0.1) is 0 Å². The van der Waals surface area contributed by atoms with Gasteiger partial charge >= 0.3 is 0 Å². The third kappa shape index (κ3) is 3.17. The highest BCUT2D eigenvalue weighted by atomic mass is 19.1. The van der Waals surface area contributed by atoms with Crippen molar-refractivity contribution < 1.29 is 14.3 Å². The molecule has 1 N–H and O–H groups in total. The number of aromatic nitrogens is 2. The molecule has 0 bridgehead atoms. The van der Waals surface area contributed by atoms with Crippen LogP contribution in [-0.4, -0.2) is 45.6 Å². The largest absolute Gasteiger partial charge is 0.391 e. The normalized spacial score (nSPS) is 15.7. The molecule has 0 saturated heterocycles. The van der Waals surface area contributed by atoms with Gasteiger partial charge in [0, 0.05) is 19.7 Å². The molecule has 1 atom stereocenters. The number of hydrogen-bond acceptors (Lipinski definition) is 4. The van der Waals surface area contributed by atoms with Crippen molar-refractivity contribution in [2.75, 3.05) is 13.6 Å². The Morgan fingerprint density at radius 1 is 1.35 bits per heavy atom. The molecule has 1 fully saturated rings. The van der Waals surface area contributed by atoms with Crippen LogP contribution in [0.4, 0.5) is 4.39 Å². The van der Waals surface area contributed by atoms with Crippen LogP contribution in [0.1, 0.15) is 34.6 Å². The van der Waals surface area contributed by atoms with Crippen molar-refractivity contribution in [3.63, 3.8) is 0 Å². The molecule has 1 aliphatic carbocycles. The Labute approximate surface area is 134 Å². The van der Waals surface area contributed by atoms with Crippen LogP contribution < -0.4 is 0 Å². The minimum atomic E-state index is -0.529. The third-order valence-corrected chi connectivity index (χ3v) is 4.35. The van der Waals surface area contributed by atoms with Crippen LogP contribution >= 0.6 is 0 Å². The molecule has 0 spiro atoms. The van der Waals surface area contributed by atoms with Crippen LogP contribution in [0.15, 0.2) is 12.1 Å². The molecule has 3 rings (SSSR count). The number of amides is 1. The van der Waals surface area contributed by atoms with E-state index in [-0.39, 0.29) is 23.9 Å². The molecule has 1 saturated carbocycles. The first-order chi connectivity index (χ1) is 10.9. The average molecular weight is 317 g/mol. The van der Waals surface area contributed by atoms with Crippen molar-refractivity contribution in [2.45, 2.75) is 32.8 Å². The number of aryl methyl sites for hydroxylation is 2. The number of fused-ring (bicyclic) bond motifs is 1. The maximum atomic E-state index is 13.9. The van der Waals surface area contributed by atoms with Crippen molar-refractivity contribution in [3.8, 4) is 0 Å². The Kier molecular flexibility index (Phi) is 4.02. The molecule has 1 aromatic carbocycles. The summed E-state index contributed by atoms with van der Waals surface area (Å²) in [6.45, 7) is 3.84. The Morgan fingerprint density at radius 3 is 2.65 bits per heavy atom. The van der Waals surface area contributed by atoms with Gasteiger partial charge in [0.1, 0.15) is 11.3 Å². The maximum absolute atomic E-state index is 13.9. The van der Waals surface area contributed by atoms with E-state index in [1.807, 2.05) is 0 Å². The summed E-state index contributed by atoms with van der Waals surface area (Å²) in [6, 6.07) is 2.47. The molecule has 1 unspecified atom stereocenters. The van der Waals surface area contributed by atoms with Gasteiger partial charge in [0.25, 0.3) is 5.91 Å². The van der Waals surface area contributed by atoms with E-state index in [1.165, 1.54) is 17.0 Å². The van der Waals surface area contributed by atoms with Crippen molar-refractivity contribution >= 4 is 16.9 Å². The summed E-state index contributed by atoms with van der Waals surface area (Å²) in [5.74, 6) is -0.597. The lowest BCUT2D eigenvalue weighted by Gasteiger charge is -2.21. The number of aliphatic hydroxyl groups is 1. The fraction of sp³-hybridized carbons (Fsp3) is 0.471. The van der Waals surface area contributed by atoms with E-state index in [4.69, 9.17) is 0 Å². The number of rotatable bonds is 4. The number of aliphatic hydroxyl groups excluding tert-OH is 1. The highest BCUT2D eigenvalue weighted by Gasteiger charge is 2.31. The Balaban J connectivity index is 1.97.